The van der Waals surface area contributed by atoms with Crippen molar-refractivity contribution >= 4 is 15.9 Å². The van der Waals surface area contributed by atoms with Gasteiger partial charge in [-0.15, -0.1) is 0 Å². The number of primary amides is 1. The SMILES string of the molecule is CC(C)C(NS(=O)(=O)c1ccccc1C(C)(C)C)C(N)=O. The Hall–Kier alpha value is -1.40. The van der Waals surface area contributed by atoms with Crippen molar-refractivity contribution in [2.45, 2.75) is 51.0 Å². The first-order valence-corrected chi connectivity index (χ1v) is 8.36. The molecule has 1 atom stereocenters. The van der Waals surface area contributed by atoms with E-state index < -0.39 is 22.0 Å². The molecule has 3 N–H and O–H groups in total. The fraction of sp³-hybridized carbons (Fsp3) is 0.533. The van der Waals surface area contributed by atoms with Gasteiger partial charge >= 0.3 is 0 Å². The Labute approximate surface area is 127 Å². The zero-order chi connectivity index (χ0) is 16.4. The number of rotatable bonds is 5. The highest BCUT2D eigenvalue weighted by molar-refractivity contribution is 7.89. The Kier molecular flexibility index (Phi) is 5.17. The van der Waals surface area contributed by atoms with E-state index in [-0.39, 0.29) is 16.2 Å². The minimum atomic E-state index is -3.81. The van der Waals surface area contributed by atoms with Crippen molar-refractivity contribution in [2.24, 2.45) is 11.7 Å². The van der Waals surface area contributed by atoms with Gasteiger partial charge in [0.1, 0.15) is 6.04 Å². The van der Waals surface area contributed by atoms with E-state index in [9.17, 15) is 13.2 Å². The number of carbonyl (C=O) groups excluding carboxylic acids is 1. The minimum Gasteiger partial charge on any atom is -0.368 e. The molecule has 0 aromatic heterocycles. The maximum atomic E-state index is 12.6. The van der Waals surface area contributed by atoms with Crippen LogP contribution in [-0.2, 0) is 20.2 Å². The monoisotopic (exact) mass is 312 g/mol. The minimum absolute atomic E-state index is 0.185. The van der Waals surface area contributed by atoms with Crippen LogP contribution in [0.1, 0.15) is 40.2 Å². The summed E-state index contributed by atoms with van der Waals surface area (Å²) in [6.45, 7) is 9.31. The Morgan fingerprint density at radius 3 is 2.14 bits per heavy atom. The number of nitrogens with one attached hydrogen (secondary N) is 1. The topological polar surface area (TPSA) is 89.3 Å². The fourth-order valence-electron chi connectivity index (χ4n) is 2.07. The quantitative estimate of drug-likeness (QED) is 0.868. The van der Waals surface area contributed by atoms with Crippen LogP contribution < -0.4 is 10.5 Å². The molecule has 21 heavy (non-hydrogen) atoms. The summed E-state index contributed by atoms with van der Waals surface area (Å²) in [7, 11) is -3.81. The van der Waals surface area contributed by atoms with Gasteiger partial charge in [-0.25, -0.2) is 8.42 Å². The molecule has 0 bridgehead atoms. The molecule has 1 unspecified atom stereocenters. The van der Waals surface area contributed by atoms with E-state index in [1.54, 1.807) is 38.1 Å². The average molecular weight is 312 g/mol. The highest BCUT2D eigenvalue weighted by Crippen LogP contribution is 2.28. The molecular weight excluding hydrogens is 288 g/mol. The van der Waals surface area contributed by atoms with Crippen molar-refractivity contribution in [1.82, 2.24) is 4.72 Å². The van der Waals surface area contributed by atoms with Crippen LogP contribution in [0.3, 0.4) is 0 Å². The Morgan fingerprint density at radius 1 is 1.19 bits per heavy atom. The van der Waals surface area contributed by atoms with E-state index in [1.807, 2.05) is 20.8 Å². The van der Waals surface area contributed by atoms with Crippen molar-refractivity contribution in [3.63, 3.8) is 0 Å². The third-order valence-electron chi connectivity index (χ3n) is 3.24. The van der Waals surface area contributed by atoms with E-state index >= 15 is 0 Å². The molecule has 1 aromatic rings. The molecule has 0 fully saturated rings. The average Bonchev–Trinajstić information content (AvgIpc) is 2.34. The molecule has 0 aliphatic carbocycles. The molecule has 0 aliphatic rings. The molecule has 0 radical (unpaired) electrons. The standard InChI is InChI=1S/C15H24N2O3S/c1-10(2)13(14(16)18)17-21(19,20)12-9-7-6-8-11(12)15(3,4)5/h6-10,13,17H,1-5H3,(H2,16,18). The fourth-order valence-corrected chi connectivity index (χ4v) is 3.84. The van der Waals surface area contributed by atoms with Crippen LogP contribution >= 0.6 is 0 Å². The molecule has 1 amide bonds. The van der Waals surface area contributed by atoms with Gasteiger partial charge < -0.3 is 5.73 Å². The first-order valence-electron chi connectivity index (χ1n) is 6.88. The number of sulfonamides is 1. The van der Waals surface area contributed by atoms with Crippen molar-refractivity contribution in [3.8, 4) is 0 Å². The number of hydrogen-bond donors (Lipinski definition) is 2. The van der Waals surface area contributed by atoms with Crippen molar-refractivity contribution in [1.29, 1.82) is 0 Å². The summed E-state index contributed by atoms with van der Waals surface area (Å²) in [6.07, 6.45) is 0. The van der Waals surface area contributed by atoms with Crippen LogP contribution in [0.15, 0.2) is 29.2 Å². The van der Waals surface area contributed by atoms with Gasteiger partial charge in [-0.1, -0.05) is 52.8 Å². The van der Waals surface area contributed by atoms with Crippen molar-refractivity contribution < 1.29 is 13.2 Å². The summed E-state index contributed by atoms with van der Waals surface area (Å²) in [5.74, 6) is -0.902. The highest BCUT2D eigenvalue weighted by Gasteiger charge is 2.30. The molecule has 1 rings (SSSR count). The number of hydrogen-bond acceptors (Lipinski definition) is 3. The number of carbonyl (C=O) groups is 1. The zero-order valence-corrected chi connectivity index (χ0v) is 14.0. The van der Waals surface area contributed by atoms with Crippen LogP contribution in [0.2, 0.25) is 0 Å². The lowest BCUT2D eigenvalue weighted by molar-refractivity contribution is -0.120. The Balaban J connectivity index is 3.30. The molecule has 1 aromatic carbocycles. The summed E-state index contributed by atoms with van der Waals surface area (Å²) in [5.41, 5.74) is 5.65. The second-order valence-electron chi connectivity index (χ2n) is 6.49. The molecule has 0 saturated heterocycles. The van der Waals surface area contributed by atoms with Gasteiger partial charge in [-0.05, 0) is 23.0 Å². The summed E-state index contributed by atoms with van der Waals surface area (Å²) < 4.78 is 27.6. The third-order valence-corrected chi connectivity index (χ3v) is 4.74. The van der Waals surface area contributed by atoms with E-state index in [0.29, 0.717) is 5.56 Å². The molecule has 118 valence electrons. The second kappa shape index (κ2) is 6.15. The number of benzene rings is 1. The second-order valence-corrected chi connectivity index (χ2v) is 8.17. The largest absolute Gasteiger partial charge is 0.368 e. The van der Waals surface area contributed by atoms with Crippen molar-refractivity contribution in [3.05, 3.63) is 29.8 Å². The van der Waals surface area contributed by atoms with E-state index in [2.05, 4.69) is 4.72 Å². The summed E-state index contributed by atoms with van der Waals surface area (Å²) in [6, 6.07) is 5.86. The normalized spacial score (nSPS) is 14.2. The first kappa shape index (κ1) is 17.7. The van der Waals surface area contributed by atoms with Gasteiger partial charge in [-0.3, -0.25) is 4.79 Å². The Morgan fingerprint density at radius 2 is 1.71 bits per heavy atom. The number of nitrogens with two attached hydrogens (primary N) is 1. The smallest absolute Gasteiger partial charge is 0.241 e. The van der Waals surface area contributed by atoms with Crippen LogP contribution in [0.4, 0.5) is 0 Å². The molecular formula is C15H24N2O3S. The van der Waals surface area contributed by atoms with Crippen LogP contribution in [-0.4, -0.2) is 20.4 Å². The van der Waals surface area contributed by atoms with Gasteiger partial charge in [-0.2, -0.15) is 4.72 Å². The van der Waals surface area contributed by atoms with E-state index in [0.717, 1.165) is 0 Å². The van der Waals surface area contributed by atoms with Gasteiger partial charge in [0.15, 0.2) is 0 Å². The summed E-state index contributed by atoms with van der Waals surface area (Å²) in [5, 5.41) is 0. The number of amides is 1. The molecule has 5 nitrogen and oxygen atoms in total. The predicted octanol–water partition coefficient (Wildman–Crippen LogP) is 1.77. The summed E-state index contributed by atoms with van der Waals surface area (Å²) >= 11 is 0. The predicted molar refractivity (Wildman–Crippen MR) is 83.3 cm³/mol. The molecule has 0 aliphatic heterocycles. The summed E-state index contributed by atoms with van der Waals surface area (Å²) in [4.78, 5) is 11.6. The maximum Gasteiger partial charge on any atom is 0.241 e. The van der Waals surface area contributed by atoms with E-state index in [1.165, 1.54) is 0 Å². The lowest BCUT2D eigenvalue weighted by atomic mass is 9.87. The highest BCUT2D eigenvalue weighted by atomic mass is 32.2. The molecule has 0 spiro atoms. The lowest BCUT2D eigenvalue weighted by Crippen LogP contribution is -2.47. The molecule has 6 heteroatoms. The van der Waals surface area contributed by atoms with Gasteiger partial charge in [0.25, 0.3) is 0 Å². The maximum absolute atomic E-state index is 12.6. The zero-order valence-electron chi connectivity index (χ0n) is 13.2. The molecule has 0 saturated carbocycles. The van der Waals surface area contributed by atoms with Gasteiger partial charge in [0.05, 0.1) is 4.90 Å². The molecule has 0 heterocycles. The van der Waals surface area contributed by atoms with E-state index in [4.69, 9.17) is 5.73 Å². The Bertz CT molecular complexity index is 616. The van der Waals surface area contributed by atoms with Crippen LogP contribution in [0, 0.1) is 5.92 Å². The van der Waals surface area contributed by atoms with Gasteiger partial charge in [0.2, 0.25) is 15.9 Å². The lowest BCUT2D eigenvalue weighted by Gasteiger charge is -2.25. The van der Waals surface area contributed by atoms with Crippen LogP contribution in [0.5, 0.6) is 0 Å². The third kappa shape index (κ3) is 4.28. The first-order chi connectivity index (χ1) is 9.47. The van der Waals surface area contributed by atoms with Crippen LogP contribution in [0.25, 0.3) is 0 Å². The van der Waals surface area contributed by atoms with Crippen molar-refractivity contribution in [2.75, 3.05) is 0 Å². The van der Waals surface area contributed by atoms with Gasteiger partial charge in [0, 0.05) is 0 Å².